The van der Waals surface area contributed by atoms with Crippen molar-refractivity contribution in [3.05, 3.63) is 53.1 Å². The Balaban J connectivity index is 2.86. The molecule has 0 bridgehead atoms. The van der Waals surface area contributed by atoms with E-state index in [1.54, 1.807) is 6.07 Å². The molecule has 0 aliphatic carbocycles. The van der Waals surface area contributed by atoms with E-state index in [2.05, 4.69) is 5.92 Å². The molecule has 2 N–H and O–H groups in total. The fourth-order valence-electron chi connectivity index (χ4n) is 2.05. The molecule has 2 aromatic rings. The second-order valence-corrected chi connectivity index (χ2v) is 4.28. The summed E-state index contributed by atoms with van der Waals surface area (Å²) in [4.78, 5) is 11.7. The molecule has 0 unspecified atom stereocenters. The molecule has 4 heteroatoms. The molecule has 100 valence electrons. The van der Waals surface area contributed by atoms with Crippen LogP contribution in [0.2, 0.25) is 0 Å². The number of halogens is 2. The Morgan fingerprint density at radius 1 is 1.30 bits per heavy atom. The van der Waals surface area contributed by atoms with Crippen molar-refractivity contribution in [1.82, 2.24) is 0 Å². The number of nitrogens with two attached hydrogens (primary N) is 1. The zero-order valence-electron chi connectivity index (χ0n) is 10.7. The first-order chi connectivity index (χ1) is 9.45. The Morgan fingerprint density at radius 2 is 2.00 bits per heavy atom. The second-order valence-electron chi connectivity index (χ2n) is 4.28. The first kappa shape index (κ1) is 13.8. The minimum absolute atomic E-state index is 0.0386. The third-order valence-electron chi connectivity index (χ3n) is 2.95. The van der Waals surface area contributed by atoms with E-state index in [0.717, 1.165) is 6.07 Å². The minimum atomic E-state index is -0.740. The predicted octanol–water partition coefficient (Wildman–Crippen LogP) is 3.40. The summed E-state index contributed by atoms with van der Waals surface area (Å²) in [6.07, 6.45) is 5.23. The van der Waals surface area contributed by atoms with Crippen molar-refractivity contribution in [2.45, 2.75) is 6.92 Å². The van der Waals surface area contributed by atoms with Gasteiger partial charge in [0.1, 0.15) is 11.6 Å². The molecular weight excluding hydrogens is 260 g/mol. The average molecular weight is 271 g/mol. The lowest BCUT2D eigenvalue weighted by Gasteiger charge is -2.13. The van der Waals surface area contributed by atoms with E-state index >= 15 is 0 Å². The minimum Gasteiger partial charge on any atom is -0.397 e. The maximum Gasteiger partial charge on any atom is 0.160 e. The zero-order valence-corrected chi connectivity index (χ0v) is 10.7. The Labute approximate surface area is 115 Å². The number of rotatable bonds is 2. The number of carbonyl (C=O) groups is 1. The molecule has 2 nitrogen and oxygen atoms in total. The Kier molecular flexibility index (Phi) is 3.53. The average Bonchev–Trinajstić information content (AvgIpc) is 2.38. The largest absolute Gasteiger partial charge is 0.397 e. The molecule has 0 heterocycles. The lowest BCUT2D eigenvalue weighted by Crippen LogP contribution is -2.05. The summed E-state index contributed by atoms with van der Waals surface area (Å²) < 4.78 is 27.1. The van der Waals surface area contributed by atoms with E-state index < -0.39 is 11.6 Å². The number of nitrogen functional groups attached to an aromatic ring is 1. The second kappa shape index (κ2) is 5.14. The normalized spacial score (nSPS) is 10.1. The molecule has 20 heavy (non-hydrogen) atoms. The van der Waals surface area contributed by atoms with Crippen LogP contribution in [0.1, 0.15) is 22.8 Å². The first-order valence-electron chi connectivity index (χ1n) is 5.81. The lowest BCUT2D eigenvalue weighted by atomic mass is 9.92. The summed E-state index contributed by atoms with van der Waals surface area (Å²) in [6.45, 7) is 1.28. The van der Waals surface area contributed by atoms with Gasteiger partial charge >= 0.3 is 0 Å². The van der Waals surface area contributed by atoms with Gasteiger partial charge in [0.05, 0.1) is 11.3 Å². The van der Waals surface area contributed by atoms with E-state index in [0.29, 0.717) is 5.56 Å². The molecule has 0 atom stereocenters. The maximum absolute atomic E-state index is 13.8. The number of carbonyl (C=O) groups excluding carboxylic acids is 1. The quantitative estimate of drug-likeness (QED) is 0.517. The van der Waals surface area contributed by atoms with Crippen LogP contribution in [0.3, 0.4) is 0 Å². The fourth-order valence-corrected chi connectivity index (χ4v) is 2.05. The van der Waals surface area contributed by atoms with Gasteiger partial charge in [0, 0.05) is 11.1 Å². The molecule has 0 aliphatic rings. The number of benzene rings is 2. The monoisotopic (exact) mass is 271 g/mol. The van der Waals surface area contributed by atoms with Crippen molar-refractivity contribution in [3.63, 3.8) is 0 Å². The summed E-state index contributed by atoms with van der Waals surface area (Å²) in [7, 11) is 0. The molecule has 0 aromatic heterocycles. The molecule has 2 rings (SSSR count). The molecule has 0 saturated heterocycles. The van der Waals surface area contributed by atoms with Crippen LogP contribution in [-0.4, -0.2) is 5.78 Å². The van der Waals surface area contributed by atoms with Crippen LogP contribution in [0.5, 0.6) is 0 Å². The van der Waals surface area contributed by atoms with Crippen molar-refractivity contribution in [2.24, 2.45) is 0 Å². The Hall–Kier alpha value is -2.67. The summed E-state index contributed by atoms with van der Waals surface area (Å²) in [5.41, 5.74) is 6.40. The number of terminal acetylenes is 1. The number of Topliss-reactive ketones (excluding diaryl/α,β-unsaturated/α-hetero) is 1. The van der Waals surface area contributed by atoms with Gasteiger partial charge in [0.2, 0.25) is 0 Å². The first-order valence-corrected chi connectivity index (χ1v) is 5.81. The molecule has 0 aliphatic heterocycles. The molecule has 2 aromatic carbocycles. The van der Waals surface area contributed by atoms with Crippen molar-refractivity contribution < 1.29 is 13.6 Å². The van der Waals surface area contributed by atoms with Crippen molar-refractivity contribution in [1.29, 1.82) is 0 Å². The van der Waals surface area contributed by atoms with Gasteiger partial charge in [-0.1, -0.05) is 18.1 Å². The van der Waals surface area contributed by atoms with Crippen LogP contribution >= 0.6 is 0 Å². The summed E-state index contributed by atoms with van der Waals surface area (Å²) in [6, 6.07) is 6.58. The number of hydrogen-bond donors (Lipinski definition) is 1. The van der Waals surface area contributed by atoms with Crippen LogP contribution in [-0.2, 0) is 0 Å². The highest BCUT2D eigenvalue weighted by molar-refractivity contribution is 6.04. The molecule has 0 saturated carbocycles. The predicted molar refractivity (Wildman–Crippen MR) is 74.1 cm³/mol. The zero-order chi connectivity index (χ0) is 14.9. The van der Waals surface area contributed by atoms with Gasteiger partial charge in [-0.3, -0.25) is 4.79 Å². The fraction of sp³-hybridized carbons (Fsp3) is 0.0625. The van der Waals surface area contributed by atoms with E-state index in [9.17, 15) is 13.6 Å². The topological polar surface area (TPSA) is 43.1 Å². The van der Waals surface area contributed by atoms with Crippen molar-refractivity contribution in [3.8, 4) is 23.5 Å². The van der Waals surface area contributed by atoms with Crippen LogP contribution < -0.4 is 5.73 Å². The van der Waals surface area contributed by atoms with Gasteiger partial charge in [-0.2, -0.15) is 0 Å². The Bertz CT molecular complexity index is 745. The lowest BCUT2D eigenvalue weighted by molar-refractivity contribution is 0.101. The van der Waals surface area contributed by atoms with Crippen LogP contribution in [0.25, 0.3) is 11.1 Å². The van der Waals surface area contributed by atoms with Crippen LogP contribution in [0.4, 0.5) is 14.5 Å². The van der Waals surface area contributed by atoms with Crippen molar-refractivity contribution >= 4 is 11.5 Å². The number of ketones is 1. The van der Waals surface area contributed by atoms with Crippen molar-refractivity contribution in [2.75, 3.05) is 5.73 Å². The number of anilines is 1. The SMILES string of the molecule is C#Cc1c(F)cc(C(C)=O)c(-c2cccc(F)c2)c1N. The van der Waals surface area contributed by atoms with Gasteiger partial charge in [-0.25, -0.2) is 8.78 Å². The molecule has 0 radical (unpaired) electrons. The van der Waals surface area contributed by atoms with Crippen LogP contribution in [0, 0.1) is 24.0 Å². The highest BCUT2D eigenvalue weighted by Crippen LogP contribution is 2.34. The van der Waals surface area contributed by atoms with E-state index in [1.807, 2.05) is 0 Å². The van der Waals surface area contributed by atoms with Gasteiger partial charge in [-0.15, -0.1) is 6.42 Å². The molecule has 0 fully saturated rings. The molecular formula is C16H11F2NO. The van der Waals surface area contributed by atoms with Gasteiger partial charge in [-0.05, 0) is 30.7 Å². The third-order valence-corrected chi connectivity index (χ3v) is 2.95. The summed E-state index contributed by atoms with van der Waals surface area (Å²) in [5.74, 6) is 0.549. The highest BCUT2D eigenvalue weighted by Gasteiger charge is 2.19. The third kappa shape index (κ3) is 2.26. The Morgan fingerprint density at radius 3 is 2.55 bits per heavy atom. The van der Waals surface area contributed by atoms with Gasteiger partial charge < -0.3 is 5.73 Å². The number of hydrogen-bond acceptors (Lipinski definition) is 2. The smallest absolute Gasteiger partial charge is 0.160 e. The standard InChI is InChI=1S/C16H11F2NO/c1-3-12-14(18)8-13(9(2)20)15(16(12)19)10-5-4-6-11(17)7-10/h1,4-8H,19H2,2H3. The van der Waals surface area contributed by atoms with Gasteiger partial charge in [0.25, 0.3) is 0 Å². The van der Waals surface area contributed by atoms with E-state index in [1.165, 1.54) is 25.1 Å². The van der Waals surface area contributed by atoms with E-state index in [-0.39, 0.29) is 28.2 Å². The summed E-state index contributed by atoms with van der Waals surface area (Å²) in [5, 5.41) is 0. The maximum atomic E-state index is 13.8. The van der Waals surface area contributed by atoms with Crippen LogP contribution in [0.15, 0.2) is 30.3 Å². The summed E-state index contributed by atoms with van der Waals surface area (Å²) >= 11 is 0. The van der Waals surface area contributed by atoms with E-state index in [4.69, 9.17) is 12.2 Å². The van der Waals surface area contributed by atoms with Gasteiger partial charge in [0.15, 0.2) is 5.78 Å². The molecule has 0 spiro atoms. The molecule has 0 amide bonds. The highest BCUT2D eigenvalue weighted by atomic mass is 19.1.